The van der Waals surface area contributed by atoms with Gasteiger partial charge in [0.25, 0.3) is 0 Å². The highest BCUT2D eigenvalue weighted by Gasteiger charge is 2.09. The Bertz CT molecular complexity index is 472. The lowest BCUT2D eigenvalue weighted by Gasteiger charge is -2.05. The first-order valence-electron chi connectivity index (χ1n) is 5.09. The van der Waals surface area contributed by atoms with Gasteiger partial charge in [-0.25, -0.2) is 9.07 Å². The molecule has 0 aliphatic heterocycles. The monoisotopic (exact) mass is 220 g/mol. The fourth-order valence-corrected chi connectivity index (χ4v) is 1.58. The molecular formula is C11H13FN4. The van der Waals surface area contributed by atoms with E-state index in [9.17, 15) is 4.39 Å². The van der Waals surface area contributed by atoms with Crippen molar-refractivity contribution < 1.29 is 4.39 Å². The van der Waals surface area contributed by atoms with Crippen molar-refractivity contribution in [3.05, 3.63) is 41.5 Å². The van der Waals surface area contributed by atoms with Crippen molar-refractivity contribution in [2.75, 3.05) is 6.54 Å². The first kappa shape index (κ1) is 10.8. The molecule has 2 rings (SSSR count). The fourth-order valence-electron chi connectivity index (χ4n) is 1.58. The number of aryl methyl sites for hydroxylation is 1. The van der Waals surface area contributed by atoms with Crippen LogP contribution in [0, 0.1) is 12.7 Å². The van der Waals surface area contributed by atoms with Crippen molar-refractivity contribution >= 4 is 0 Å². The molecule has 0 unspecified atom stereocenters. The van der Waals surface area contributed by atoms with E-state index >= 15 is 0 Å². The van der Waals surface area contributed by atoms with Gasteiger partial charge in [0.1, 0.15) is 11.5 Å². The molecule has 0 saturated carbocycles. The molecule has 0 aliphatic carbocycles. The standard InChI is InChI=1S/C11H13FN4/c1-8-3-2-4-10(12)11(8)16-7-9(5-6-13)14-15-16/h2-4,7H,5-6,13H2,1H3. The smallest absolute Gasteiger partial charge is 0.149 e. The van der Waals surface area contributed by atoms with Gasteiger partial charge in [-0.3, -0.25) is 0 Å². The molecule has 0 aliphatic rings. The molecule has 0 radical (unpaired) electrons. The van der Waals surface area contributed by atoms with Gasteiger partial charge in [-0.1, -0.05) is 17.3 Å². The molecule has 0 spiro atoms. The molecule has 2 N–H and O–H groups in total. The van der Waals surface area contributed by atoms with Gasteiger partial charge in [-0.2, -0.15) is 0 Å². The van der Waals surface area contributed by atoms with E-state index in [4.69, 9.17) is 5.73 Å². The van der Waals surface area contributed by atoms with Crippen molar-refractivity contribution in [3.8, 4) is 5.69 Å². The number of para-hydroxylation sites is 1. The molecule has 16 heavy (non-hydrogen) atoms. The molecule has 0 fully saturated rings. The summed E-state index contributed by atoms with van der Waals surface area (Å²) in [5, 5.41) is 7.83. The van der Waals surface area contributed by atoms with Gasteiger partial charge in [0.15, 0.2) is 0 Å². The van der Waals surface area contributed by atoms with Gasteiger partial charge in [0, 0.05) is 6.42 Å². The van der Waals surface area contributed by atoms with Gasteiger partial charge >= 0.3 is 0 Å². The average Bonchev–Trinajstić information content (AvgIpc) is 2.67. The van der Waals surface area contributed by atoms with E-state index in [1.165, 1.54) is 10.7 Å². The first-order valence-corrected chi connectivity index (χ1v) is 5.09. The lowest BCUT2D eigenvalue weighted by atomic mass is 10.2. The lowest BCUT2D eigenvalue weighted by molar-refractivity contribution is 0.605. The number of hydrogen-bond acceptors (Lipinski definition) is 3. The molecule has 1 heterocycles. The summed E-state index contributed by atoms with van der Waals surface area (Å²) >= 11 is 0. The second kappa shape index (κ2) is 4.40. The van der Waals surface area contributed by atoms with Crippen LogP contribution in [-0.2, 0) is 6.42 Å². The minimum absolute atomic E-state index is 0.302. The summed E-state index contributed by atoms with van der Waals surface area (Å²) in [6, 6.07) is 4.92. The van der Waals surface area contributed by atoms with Crippen LogP contribution in [0.25, 0.3) is 5.69 Å². The number of nitrogens with two attached hydrogens (primary N) is 1. The maximum absolute atomic E-state index is 13.6. The van der Waals surface area contributed by atoms with Gasteiger partial charge in [-0.05, 0) is 25.1 Å². The van der Waals surface area contributed by atoms with Crippen LogP contribution in [0.5, 0.6) is 0 Å². The van der Waals surface area contributed by atoms with Gasteiger partial charge in [0.2, 0.25) is 0 Å². The van der Waals surface area contributed by atoms with E-state index in [2.05, 4.69) is 10.3 Å². The van der Waals surface area contributed by atoms with E-state index in [1.54, 1.807) is 12.3 Å². The fraction of sp³-hybridized carbons (Fsp3) is 0.273. The Morgan fingerprint density at radius 3 is 2.94 bits per heavy atom. The second-order valence-electron chi connectivity index (χ2n) is 3.60. The van der Waals surface area contributed by atoms with Crippen LogP contribution in [0.2, 0.25) is 0 Å². The van der Waals surface area contributed by atoms with Crippen molar-refractivity contribution in [1.29, 1.82) is 0 Å². The quantitative estimate of drug-likeness (QED) is 0.846. The number of hydrogen-bond donors (Lipinski definition) is 1. The minimum Gasteiger partial charge on any atom is -0.330 e. The third kappa shape index (κ3) is 1.94. The predicted octanol–water partition coefficient (Wildman–Crippen LogP) is 1.22. The van der Waals surface area contributed by atoms with E-state index in [0.717, 1.165) is 11.3 Å². The zero-order chi connectivity index (χ0) is 11.5. The Hall–Kier alpha value is -1.75. The summed E-state index contributed by atoms with van der Waals surface area (Å²) < 4.78 is 15.1. The Morgan fingerprint density at radius 2 is 2.25 bits per heavy atom. The molecule has 2 aromatic rings. The Labute approximate surface area is 92.9 Å². The summed E-state index contributed by atoms with van der Waals surface area (Å²) in [6.45, 7) is 2.34. The van der Waals surface area contributed by atoms with Crippen LogP contribution in [0.15, 0.2) is 24.4 Å². The highest BCUT2D eigenvalue weighted by molar-refractivity contribution is 5.40. The minimum atomic E-state index is -0.302. The first-order chi connectivity index (χ1) is 7.72. The summed E-state index contributed by atoms with van der Waals surface area (Å²) in [4.78, 5) is 0. The zero-order valence-electron chi connectivity index (χ0n) is 9.02. The molecule has 0 bridgehead atoms. The summed E-state index contributed by atoms with van der Waals surface area (Å²) in [6.07, 6.45) is 2.35. The Morgan fingerprint density at radius 1 is 1.44 bits per heavy atom. The van der Waals surface area contributed by atoms with Gasteiger partial charge in [-0.15, -0.1) is 5.10 Å². The van der Waals surface area contributed by atoms with Crippen LogP contribution in [0.3, 0.4) is 0 Å². The molecule has 0 atom stereocenters. The Balaban J connectivity index is 2.42. The second-order valence-corrected chi connectivity index (χ2v) is 3.60. The number of nitrogens with zero attached hydrogens (tertiary/aromatic N) is 3. The number of halogens is 1. The van der Waals surface area contributed by atoms with Crippen molar-refractivity contribution in [2.24, 2.45) is 5.73 Å². The normalized spacial score (nSPS) is 10.7. The summed E-state index contributed by atoms with van der Waals surface area (Å²) in [5.74, 6) is -0.302. The average molecular weight is 220 g/mol. The van der Waals surface area contributed by atoms with Crippen LogP contribution in [-0.4, -0.2) is 21.5 Å². The van der Waals surface area contributed by atoms with Gasteiger partial charge < -0.3 is 5.73 Å². The molecular weight excluding hydrogens is 207 g/mol. The van der Waals surface area contributed by atoms with Crippen LogP contribution < -0.4 is 5.73 Å². The largest absolute Gasteiger partial charge is 0.330 e. The number of aromatic nitrogens is 3. The third-order valence-corrected chi connectivity index (χ3v) is 2.36. The lowest BCUT2D eigenvalue weighted by Crippen LogP contribution is -2.03. The van der Waals surface area contributed by atoms with Crippen LogP contribution >= 0.6 is 0 Å². The highest BCUT2D eigenvalue weighted by Crippen LogP contribution is 2.16. The third-order valence-electron chi connectivity index (χ3n) is 2.36. The maximum Gasteiger partial charge on any atom is 0.149 e. The van der Waals surface area contributed by atoms with E-state index in [-0.39, 0.29) is 5.82 Å². The topological polar surface area (TPSA) is 56.7 Å². The predicted molar refractivity (Wildman–Crippen MR) is 58.8 cm³/mol. The highest BCUT2D eigenvalue weighted by atomic mass is 19.1. The number of rotatable bonds is 3. The van der Waals surface area contributed by atoms with Gasteiger partial charge in [0.05, 0.1) is 11.9 Å². The summed E-state index contributed by atoms with van der Waals surface area (Å²) in [7, 11) is 0. The van der Waals surface area contributed by atoms with Crippen molar-refractivity contribution in [1.82, 2.24) is 15.0 Å². The number of benzene rings is 1. The van der Waals surface area contributed by atoms with Crippen LogP contribution in [0.1, 0.15) is 11.3 Å². The van der Waals surface area contributed by atoms with E-state index in [1.807, 2.05) is 13.0 Å². The van der Waals surface area contributed by atoms with Crippen molar-refractivity contribution in [2.45, 2.75) is 13.3 Å². The molecule has 0 amide bonds. The molecule has 1 aromatic carbocycles. The van der Waals surface area contributed by atoms with Crippen LogP contribution in [0.4, 0.5) is 4.39 Å². The molecule has 0 saturated heterocycles. The Kier molecular flexibility index (Phi) is 2.96. The summed E-state index contributed by atoms with van der Waals surface area (Å²) in [5.41, 5.74) is 7.45. The van der Waals surface area contributed by atoms with E-state index in [0.29, 0.717) is 18.7 Å². The zero-order valence-corrected chi connectivity index (χ0v) is 9.02. The maximum atomic E-state index is 13.6. The van der Waals surface area contributed by atoms with Crippen molar-refractivity contribution in [3.63, 3.8) is 0 Å². The van der Waals surface area contributed by atoms with E-state index < -0.39 is 0 Å². The molecule has 84 valence electrons. The SMILES string of the molecule is Cc1cccc(F)c1-n1cc(CCN)nn1. The molecule has 1 aromatic heterocycles. The molecule has 5 heteroatoms. The molecule has 4 nitrogen and oxygen atoms in total.